The maximum absolute atomic E-state index is 11.7. The zero-order valence-electron chi connectivity index (χ0n) is 17.3. The average molecular weight is 521 g/mol. The lowest BCUT2D eigenvalue weighted by molar-refractivity contribution is -0.116. The molecular formula is C21H28IN7O. The van der Waals surface area contributed by atoms with Crippen molar-refractivity contribution in [3.8, 4) is 0 Å². The molecule has 0 atom stereocenters. The van der Waals surface area contributed by atoms with Gasteiger partial charge < -0.3 is 16.0 Å². The summed E-state index contributed by atoms with van der Waals surface area (Å²) in [6, 6.07) is 13.6. The van der Waals surface area contributed by atoms with Crippen molar-refractivity contribution in [2.45, 2.75) is 39.8 Å². The van der Waals surface area contributed by atoms with E-state index in [1.165, 1.54) is 0 Å². The van der Waals surface area contributed by atoms with Crippen molar-refractivity contribution in [2.24, 2.45) is 4.99 Å². The first kappa shape index (κ1) is 23.6. The van der Waals surface area contributed by atoms with E-state index < -0.39 is 0 Å². The summed E-state index contributed by atoms with van der Waals surface area (Å²) in [5.74, 6) is 1.57. The van der Waals surface area contributed by atoms with Crippen molar-refractivity contribution >= 4 is 47.2 Å². The summed E-state index contributed by atoms with van der Waals surface area (Å²) in [7, 11) is 0. The van der Waals surface area contributed by atoms with Gasteiger partial charge in [-0.1, -0.05) is 25.1 Å². The number of anilines is 1. The third kappa shape index (κ3) is 6.68. The SMILES string of the molecule is CCCC(=O)Nc1ccc(CN=C(NCC)NCc2nnc3ccccn23)cc1.I. The highest BCUT2D eigenvalue weighted by molar-refractivity contribution is 14.0. The van der Waals surface area contributed by atoms with Crippen LogP contribution in [0.5, 0.6) is 0 Å². The minimum atomic E-state index is 0. The Morgan fingerprint density at radius 1 is 1.07 bits per heavy atom. The van der Waals surface area contributed by atoms with E-state index in [9.17, 15) is 4.79 Å². The molecular weight excluding hydrogens is 493 g/mol. The van der Waals surface area contributed by atoms with Crippen molar-refractivity contribution in [3.63, 3.8) is 0 Å². The number of aromatic nitrogens is 3. The van der Waals surface area contributed by atoms with Crippen LogP contribution in [-0.4, -0.2) is 33.0 Å². The van der Waals surface area contributed by atoms with Crippen molar-refractivity contribution in [1.82, 2.24) is 25.2 Å². The zero-order valence-corrected chi connectivity index (χ0v) is 19.6. The van der Waals surface area contributed by atoms with Gasteiger partial charge in [0.05, 0.1) is 13.1 Å². The summed E-state index contributed by atoms with van der Waals surface area (Å²) < 4.78 is 1.95. The van der Waals surface area contributed by atoms with Gasteiger partial charge in [0, 0.05) is 24.8 Å². The normalized spacial score (nSPS) is 11.1. The molecule has 0 bridgehead atoms. The van der Waals surface area contributed by atoms with E-state index in [2.05, 4.69) is 31.1 Å². The number of halogens is 1. The molecule has 3 rings (SSSR count). The predicted molar refractivity (Wildman–Crippen MR) is 130 cm³/mol. The van der Waals surface area contributed by atoms with Crippen LogP contribution < -0.4 is 16.0 Å². The summed E-state index contributed by atoms with van der Waals surface area (Å²) >= 11 is 0. The van der Waals surface area contributed by atoms with Crippen LogP contribution in [0.2, 0.25) is 0 Å². The maximum atomic E-state index is 11.7. The van der Waals surface area contributed by atoms with E-state index in [1.807, 2.05) is 66.9 Å². The third-order valence-corrected chi connectivity index (χ3v) is 4.28. The van der Waals surface area contributed by atoms with Gasteiger partial charge in [-0.2, -0.15) is 0 Å². The van der Waals surface area contributed by atoms with E-state index in [0.29, 0.717) is 25.5 Å². The molecule has 2 heterocycles. The number of amides is 1. The van der Waals surface area contributed by atoms with Crippen LogP contribution in [0.1, 0.15) is 38.1 Å². The Kier molecular flexibility index (Phi) is 9.52. The van der Waals surface area contributed by atoms with Crippen LogP contribution in [0.3, 0.4) is 0 Å². The van der Waals surface area contributed by atoms with Crippen LogP contribution in [0.25, 0.3) is 5.65 Å². The molecule has 9 heteroatoms. The molecule has 1 aromatic carbocycles. The fourth-order valence-electron chi connectivity index (χ4n) is 2.83. The number of rotatable bonds is 8. The molecule has 0 spiro atoms. The molecule has 3 N–H and O–H groups in total. The van der Waals surface area contributed by atoms with Gasteiger partial charge in [-0.15, -0.1) is 34.2 Å². The number of hydrogen-bond acceptors (Lipinski definition) is 4. The third-order valence-electron chi connectivity index (χ3n) is 4.28. The number of fused-ring (bicyclic) bond motifs is 1. The molecule has 30 heavy (non-hydrogen) atoms. The van der Waals surface area contributed by atoms with Gasteiger partial charge in [-0.05, 0) is 43.2 Å². The highest BCUT2D eigenvalue weighted by Gasteiger charge is 2.06. The van der Waals surface area contributed by atoms with Gasteiger partial charge in [0.15, 0.2) is 17.4 Å². The molecule has 1 amide bonds. The number of carbonyl (C=O) groups is 1. The summed E-state index contributed by atoms with van der Waals surface area (Å²) in [5, 5.41) is 17.8. The number of hydrogen-bond donors (Lipinski definition) is 3. The molecule has 0 radical (unpaired) electrons. The molecule has 0 aliphatic heterocycles. The highest BCUT2D eigenvalue weighted by Crippen LogP contribution is 2.11. The number of nitrogens with zero attached hydrogens (tertiary/aromatic N) is 4. The highest BCUT2D eigenvalue weighted by atomic mass is 127. The fraction of sp³-hybridized carbons (Fsp3) is 0.333. The molecule has 0 aliphatic rings. The molecule has 0 aliphatic carbocycles. The summed E-state index contributed by atoms with van der Waals surface area (Å²) in [4.78, 5) is 16.3. The second-order valence-corrected chi connectivity index (χ2v) is 6.59. The first-order valence-electron chi connectivity index (χ1n) is 9.89. The van der Waals surface area contributed by atoms with Crippen molar-refractivity contribution in [2.75, 3.05) is 11.9 Å². The summed E-state index contributed by atoms with van der Waals surface area (Å²) in [6.07, 6.45) is 3.31. The Labute approximate surface area is 193 Å². The average Bonchev–Trinajstić information content (AvgIpc) is 3.14. The van der Waals surface area contributed by atoms with Crippen LogP contribution in [-0.2, 0) is 17.9 Å². The lowest BCUT2D eigenvalue weighted by atomic mass is 10.2. The van der Waals surface area contributed by atoms with Crippen molar-refractivity contribution < 1.29 is 4.79 Å². The first-order valence-corrected chi connectivity index (χ1v) is 9.89. The molecule has 2 aromatic heterocycles. The number of guanidine groups is 1. The van der Waals surface area contributed by atoms with Gasteiger partial charge in [0.2, 0.25) is 5.91 Å². The van der Waals surface area contributed by atoms with Gasteiger partial charge in [-0.3, -0.25) is 9.20 Å². The smallest absolute Gasteiger partial charge is 0.224 e. The Balaban J connectivity index is 0.00000320. The number of nitrogens with one attached hydrogen (secondary N) is 3. The minimum Gasteiger partial charge on any atom is -0.357 e. The summed E-state index contributed by atoms with van der Waals surface area (Å²) in [5.41, 5.74) is 2.68. The Morgan fingerprint density at radius 3 is 2.60 bits per heavy atom. The maximum Gasteiger partial charge on any atom is 0.224 e. The van der Waals surface area contributed by atoms with Crippen LogP contribution in [0.4, 0.5) is 5.69 Å². The van der Waals surface area contributed by atoms with Crippen LogP contribution >= 0.6 is 24.0 Å². The lowest BCUT2D eigenvalue weighted by Crippen LogP contribution is -2.37. The second kappa shape index (κ2) is 12.1. The Morgan fingerprint density at radius 2 is 1.87 bits per heavy atom. The molecule has 160 valence electrons. The topological polar surface area (TPSA) is 95.7 Å². The van der Waals surface area contributed by atoms with Crippen LogP contribution in [0.15, 0.2) is 53.7 Å². The molecule has 0 fully saturated rings. The van der Waals surface area contributed by atoms with Gasteiger partial charge in [0.1, 0.15) is 0 Å². The molecule has 0 unspecified atom stereocenters. The number of pyridine rings is 1. The largest absolute Gasteiger partial charge is 0.357 e. The Hall–Kier alpha value is -2.69. The van der Waals surface area contributed by atoms with Crippen molar-refractivity contribution in [3.05, 3.63) is 60.0 Å². The van der Waals surface area contributed by atoms with E-state index >= 15 is 0 Å². The fourth-order valence-corrected chi connectivity index (χ4v) is 2.83. The first-order chi connectivity index (χ1) is 14.2. The van der Waals surface area contributed by atoms with E-state index in [1.54, 1.807) is 0 Å². The number of carbonyl (C=O) groups excluding carboxylic acids is 1. The van der Waals surface area contributed by atoms with E-state index in [0.717, 1.165) is 35.7 Å². The Bertz CT molecular complexity index is 969. The standard InChI is InChI=1S/C21H27N7O.HI/c1-3-7-20(29)25-17-11-9-16(10-12-17)14-23-21(22-4-2)24-15-19-27-26-18-8-5-6-13-28(18)19;/h5-6,8-13H,3-4,7,14-15H2,1-2H3,(H,25,29)(H2,22,23,24);1H. The van der Waals surface area contributed by atoms with Gasteiger partial charge in [0.25, 0.3) is 0 Å². The molecule has 0 saturated carbocycles. The van der Waals surface area contributed by atoms with Gasteiger partial charge in [-0.25, -0.2) is 4.99 Å². The minimum absolute atomic E-state index is 0. The monoisotopic (exact) mass is 521 g/mol. The summed E-state index contributed by atoms with van der Waals surface area (Å²) in [6.45, 7) is 5.81. The number of benzene rings is 1. The molecule has 0 saturated heterocycles. The van der Waals surface area contributed by atoms with E-state index in [-0.39, 0.29) is 29.9 Å². The van der Waals surface area contributed by atoms with Gasteiger partial charge >= 0.3 is 0 Å². The zero-order chi connectivity index (χ0) is 20.5. The second-order valence-electron chi connectivity index (χ2n) is 6.59. The number of aliphatic imine (C=N–C) groups is 1. The molecule has 8 nitrogen and oxygen atoms in total. The van der Waals surface area contributed by atoms with Crippen LogP contribution in [0, 0.1) is 0 Å². The van der Waals surface area contributed by atoms with E-state index in [4.69, 9.17) is 0 Å². The lowest BCUT2D eigenvalue weighted by Gasteiger charge is -2.11. The van der Waals surface area contributed by atoms with Crippen molar-refractivity contribution in [1.29, 1.82) is 0 Å². The predicted octanol–water partition coefficient (Wildman–Crippen LogP) is 3.34. The quantitative estimate of drug-likeness (QED) is 0.240. The molecule has 3 aromatic rings.